The number of hydrogen-bond acceptors (Lipinski definition) is 2. The number of guanidine groups is 1. The molecule has 0 spiro atoms. The van der Waals surface area contributed by atoms with Crippen LogP contribution in [0.5, 0.6) is 0 Å². The number of aliphatic imine (C=N–C) groups is 1. The molecule has 0 radical (unpaired) electrons. The largest absolute Gasteiger partial charge is 0.370 e. The van der Waals surface area contributed by atoms with Crippen molar-refractivity contribution < 1.29 is 4.79 Å². The van der Waals surface area contributed by atoms with Crippen molar-refractivity contribution in [2.45, 2.75) is 32.2 Å². The van der Waals surface area contributed by atoms with E-state index in [2.05, 4.69) is 15.6 Å². The van der Waals surface area contributed by atoms with Gasteiger partial charge in [0.1, 0.15) is 0 Å². The molecule has 0 aromatic rings. The Morgan fingerprint density at radius 3 is 2.86 bits per heavy atom. The van der Waals surface area contributed by atoms with E-state index in [1.165, 1.54) is 12.8 Å². The molecule has 1 aliphatic carbocycles. The lowest BCUT2D eigenvalue weighted by Gasteiger charge is -2.03. The molecular weight excluding hydrogens is 180 g/mol. The van der Waals surface area contributed by atoms with Crippen molar-refractivity contribution >= 4 is 11.9 Å². The molecule has 4 N–H and O–H groups in total. The minimum Gasteiger partial charge on any atom is -0.370 e. The molecule has 0 aromatic carbocycles. The zero-order valence-electron chi connectivity index (χ0n) is 8.55. The van der Waals surface area contributed by atoms with Crippen molar-refractivity contribution in [2.75, 3.05) is 13.1 Å². The summed E-state index contributed by atoms with van der Waals surface area (Å²) in [5.74, 6) is 0.479. The summed E-state index contributed by atoms with van der Waals surface area (Å²) in [5, 5.41) is 5.76. The molecule has 0 aliphatic heterocycles. The molecule has 1 rings (SSSR count). The van der Waals surface area contributed by atoms with Crippen molar-refractivity contribution in [3.8, 4) is 0 Å². The Morgan fingerprint density at radius 1 is 1.57 bits per heavy atom. The van der Waals surface area contributed by atoms with Crippen molar-refractivity contribution in [3.05, 3.63) is 0 Å². The zero-order chi connectivity index (χ0) is 10.4. The van der Waals surface area contributed by atoms with Crippen LogP contribution in [0.2, 0.25) is 0 Å². The Hall–Kier alpha value is -1.26. The molecule has 0 atom stereocenters. The van der Waals surface area contributed by atoms with Gasteiger partial charge in [0.05, 0.1) is 6.54 Å². The number of amides is 1. The van der Waals surface area contributed by atoms with Crippen molar-refractivity contribution in [1.82, 2.24) is 10.6 Å². The summed E-state index contributed by atoms with van der Waals surface area (Å²) in [6.45, 7) is 3.01. The van der Waals surface area contributed by atoms with E-state index in [4.69, 9.17) is 5.73 Å². The van der Waals surface area contributed by atoms with Gasteiger partial charge < -0.3 is 16.4 Å². The van der Waals surface area contributed by atoms with Gasteiger partial charge in [0, 0.05) is 19.0 Å². The summed E-state index contributed by atoms with van der Waals surface area (Å²) >= 11 is 0. The van der Waals surface area contributed by atoms with Gasteiger partial charge in [0.25, 0.3) is 0 Å². The minimum absolute atomic E-state index is 0.0236. The van der Waals surface area contributed by atoms with E-state index in [0.29, 0.717) is 31.5 Å². The number of rotatable bonds is 5. The quantitative estimate of drug-likeness (QED) is 0.414. The van der Waals surface area contributed by atoms with Gasteiger partial charge in [-0.1, -0.05) is 0 Å². The van der Waals surface area contributed by atoms with Gasteiger partial charge in [-0.2, -0.15) is 0 Å². The van der Waals surface area contributed by atoms with Gasteiger partial charge >= 0.3 is 0 Å². The lowest BCUT2D eigenvalue weighted by atomic mass is 10.4. The molecule has 80 valence electrons. The van der Waals surface area contributed by atoms with Crippen LogP contribution in [0.1, 0.15) is 26.2 Å². The van der Waals surface area contributed by atoms with Crippen molar-refractivity contribution in [3.63, 3.8) is 0 Å². The zero-order valence-corrected chi connectivity index (χ0v) is 8.55. The molecule has 0 saturated heterocycles. The van der Waals surface area contributed by atoms with E-state index >= 15 is 0 Å². The monoisotopic (exact) mass is 198 g/mol. The van der Waals surface area contributed by atoms with Gasteiger partial charge in [-0.25, -0.2) is 0 Å². The maximum atomic E-state index is 11.0. The van der Waals surface area contributed by atoms with Crippen molar-refractivity contribution in [1.29, 1.82) is 0 Å². The molecule has 0 aromatic heterocycles. The SMILES string of the molecule is CCNC(=O)CCN=C(N)NC1CC1. The van der Waals surface area contributed by atoms with Crippen LogP contribution in [0.3, 0.4) is 0 Å². The maximum absolute atomic E-state index is 11.0. The third-order valence-electron chi connectivity index (χ3n) is 1.92. The van der Waals surface area contributed by atoms with E-state index in [-0.39, 0.29) is 5.91 Å². The summed E-state index contributed by atoms with van der Waals surface area (Å²) in [5.41, 5.74) is 5.58. The second-order valence-electron chi connectivity index (χ2n) is 3.39. The second-order valence-corrected chi connectivity index (χ2v) is 3.39. The van der Waals surface area contributed by atoms with E-state index in [1.54, 1.807) is 0 Å². The summed E-state index contributed by atoms with van der Waals surface area (Å²) < 4.78 is 0. The van der Waals surface area contributed by atoms with Gasteiger partial charge in [0.15, 0.2) is 5.96 Å². The highest BCUT2D eigenvalue weighted by Crippen LogP contribution is 2.17. The average Bonchev–Trinajstić information content (AvgIpc) is 2.88. The van der Waals surface area contributed by atoms with E-state index in [0.717, 1.165) is 0 Å². The topological polar surface area (TPSA) is 79.5 Å². The molecule has 14 heavy (non-hydrogen) atoms. The highest BCUT2D eigenvalue weighted by atomic mass is 16.1. The van der Waals surface area contributed by atoms with Crippen LogP contribution in [0, 0.1) is 0 Å². The molecule has 1 amide bonds. The standard InChI is InChI=1S/C9H18N4O/c1-2-11-8(14)5-6-12-9(10)13-7-3-4-7/h7H,2-6H2,1H3,(H,11,14)(H3,10,12,13). The Kier molecular flexibility index (Phi) is 4.22. The first-order valence-corrected chi connectivity index (χ1v) is 5.05. The van der Waals surface area contributed by atoms with E-state index < -0.39 is 0 Å². The summed E-state index contributed by atoms with van der Waals surface area (Å²) in [6.07, 6.45) is 2.75. The molecule has 1 fully saturated rings. The molecule has 0 heterocycles. The third kappa shape index (κ3) is 4.69. The predicted molar refractivity (Wildman–Crippen MR) is 55.9 cm³/mol. The number of hydrogen-bond donors (Lipinski definition) is 3. The number of carbonyl (C=O) groups excluding carboxylic acids is 1. The van der Waals surface area contributed by atoms with Crippen molar-refractivity contribution in [2.24, 2.45) is 10.7 Å². The normalized spacial score (nSPS) is 16.5. The highest BCUT2D eigenvalue weighted by Gasteiger charge is 2.21. The first kappa shape index (κ1) is 10.8. The highest BCUT2D eigenvalue weighted by molar-refractivity contribution is 5.79. The van der Waals surface area contributed by atoms with Gasteiger partial charge in [0.2, 0.25) is 5.91 Å². The van der Waals surface area contributed by atoms with Gasteiger partial charge in [-0.05, 0) is 19.8 Å². The Bertz CT molecular complexity index is 223. The van der Waals surface area contributed by atoms with Crippen LogP contribution < -0.4 is 16.4 Å². The molecule has 5 heteroatoms. The van der Waals surface area contributed by atoms with Crippen LogP contribution >= 0.6 is 0 Å². The van der Waals surface area contributed by atoms with Crippen LogP contribution in [-0.2, 0) is 4.79 Å². The third-order valence-corrected chi connectivity index (χ3v) is 1.92. The van der Waals surface area contributed by atoms with Gasteiger partial charge in [-0.3, -0.25) is 9.79 Å². The minimum atomic E-state index is 0.0236. The fourth-order valence-corrected chi connectivity index (χ4v) is 1.05. The smallest absolute Gasteiger partial charge is 0.221 e. The first-order valence-electron chi connectivity index (χ1n) is 5.05. The number of nitrogens with zero attached hydrogens (tertiary/aromatic N) is 1. The van der Waals surface area contributed by atoms with Crippen LogP contribution in [0.25, 0.3) is 0 Å². The molecule has 5 nitrogen and oxygen atoms in total. The average molecular weight is 198 g/mol. The molecule has 0 bridgehead atoms. The number of nitrogens with two attached hydrogens (primary N) is 1. The van der Waals surface area contributed by atoms with E-state index in [1.807, 2.05) is 6.92 Å². The molecule has 0 unspecified atom stereocenters. The Morgan fingerprint density at radius 2 is 2.29 bits per heavy atom. The van der Waals surface area contributed by atoms with Crippen LogP contribution in [-0.4, -0.2) is 31.0 Å². The van der Waals surface area contributed by atoms with Crippen LogP contribution in [0.15, 0.2) is 4.99 Å². The fourth-order valence-electron chi connectivity index (χ4n) is 1.05. The first-order chi connectivity index (χ1) is 6.72. The molecular formula is C9H18N4O. The second kappa shape index (κ2) is 5.47. The molecule has 1 saturated carbocycles. The lowest BCUT2D eigenvalue weighted by Crippen LogP contribution is -2.33. The Balaban J connectivity index is 2.07. The van der Waals surface area contributed by atoms with Crippen LogP contribution in [0.4, 0.5) is 0 Å². The molecule has 1 aliphatic rings. The summed E-state index contributed by atoms with van der Waals surface area (Å²) in [6, 6.07) is 0.517. The maximum Gasteiger partial charge on any atom is 0.221 e. The fraction of sp³-hybridized carbons (Fsp3) is 0.778. The summed E-state index contributed by atoms with van der Waals surface area (Å²) in [7, 11) is 0. The lowest BCUT2D eigenvalue weighted by molar-refractivity contribution is -0.120. The van der Waals surface area contributed by atoms with E-state index in [9.17, 15) is 4.79 Å². The number of nitrogens with one attached hydrogen (secondary N) is 2. The summed E-state index contributed by atoms with van der Waals surface area (Å²) in [4.78, 5) is 15.1. The Labute approximate surface area is 84.1 Å². The van der Waals surface area contributed by atoms with Gasteiger partial charge in [-0.15, -0.1) is 0 Å². The number of carbonyl (C=O) groups is 1. The predicted octanol–water partition coefficient (Wildman–Crippen LogP) is -0.421.